The van der Waals surface area contributed by atoms with Gasteiger partial charge < -0.3 is 14.1 Å². The molecule has 0 radical (unpaired) electrons. The van der Waals surface area contributed by atoms with E-state index >= 15 is 0 Å². The highest BCUT2D eigenvalue weighted by atomic mass is 32.2. The van der Waals surface area contributed by atoms with Crippen LogP contribution < -0.4 is 4.90 Å². The number of hydrogen-bond acceptors (Lipinski definition) is 8. The first-order chi connectivity index (χ1) is 15.5. The highest BCUT2D eigenvalue weighted by Crippen LogP contribution is 2.24. The molecule has 0 bridgehead atoms. The molecule has 0 aliphatic carbocycles. The number of nitriles is 1. The first-order valence-electron chi connectivity index (χ1n) is 9.72. The Hall–Kier alpha value is -3.65. The van der Waals surface area contributed by atoms with Crippen molar-refractivity contribution in [3.63, 3.8) is 0 Å². The normalized spacial score (nSPS) is 10.5. The van der Waals surface area contributed by atoms with Gasteiger partial charge in [-0.25, -0.2) is 4.39 Å². The number of rotatable bonds is 10. The number of esters is 1. The minimum atomic E-state index is -0.637. The standard InChI is InChI=1S/C21H20FN5O4S/c1-2-26-20(17-9-5-12-30-17)24-25-21(26)32-14-19(29)31-13-18(28)27(11-6-10-23)16-8-4-3-7-15(16)22/h3-5,7-9,12H,2,6,11,13-14H2,1H3. The zero-order valence-electron chi connectivity index (χ0n) is 17.2. The summed E-state index contributed by atoms with van der Waals surface area (Å²) in [5.41, 5.74) is 0.0275. The van der Waals surface area contributed by atoms with Gasteiger partial charge in [0.2, 0.25) is 0 Å². The molecule has 0 spiro atoms. The van der Waals surface area contributed by atoms with Gasteiger partial charge in [-0.1, -0.05) is 23.9 Å². The van der Waals surface area contributed by atoms with E-state index in [-0.39, 0.29) is 24.4 Å². The number of furan rings is 1. The average molecular weight is 457 g/mol. The SMILES string of the molecule is CCn1c(SCC(=O)OCC(=O)N(CCC#N)c2ccccc2F)nnc1-c1ccco1. The highest BCUT2D eigenvalue weighted by Gasteiger charge is 2.21. The fourth-order valence-corrected chi connectivity index (χ4v) is 3.67. The van der Waals surface area contributed by atoms with E-state index in [2.05, 4.69) is 10.2 Å². The Kier molecular flexibility index (Phi) is 7.99. The lowest BCUT2D eigenvalue weighted by Gasteiger charge is -2.22. The summed E-state index contributed by atoms with van der Waals surface area (Å²) in [4.78, 5) is 25.8. The summed E-state index contributed by atoms with van der Waals surface area (Å²) in [5, 5.41) is 17.5. The minimum Gasteiger partial charge on any atom is -0.461 e. The molecule has 0 fully saturated rings. The smallest absolute Gasteiger partial charge is 0.316 e. The zero-order chi connectivity index (χ0) is 22.9. The van der Waals surface area contributed by atoms with Crippen LogP contribution in [0.5, 0.6) is 0 Å². The number of para-hydroxylation sites is 1. The predicted octanol–water partition coefficient (Wildman–Crippen LogP) is 3.28. The molecule has 2 aromatic heterocycles. The van der Waals surface area contributed by atoms with Crippen molar-refractivity contribution in [3.05, 3.63) is 48.5 Å². The summed E-state index contributed by atoms with van der Waals surface area (Å²) < 4.78 is 26.3. The van der Waals surface area contributed by atoms with Gasteiger partial charge in [0, 0.05) is 13.1 Å². The van der Waals surface area contributed by atoms with E-state index in [9.17, 15) is 14.0 Å². The molecule has 1 amide bonds. The quantitative estimate of drug-likeness (QED) is 0.337. The summed E-state index contributed by atoms with van der Waals surface area (Å²) in [7, 11) is 0. The van der Waals surface area contributed by atoms with Gasteiger partial charge in [0.15, 0.2) is 23.3 Å². The third-order valence-corrected chi connectivity index (χ3v) is 5.28. The second-order valence-electron chi connectivity index (χ2n) is 6.38. The van der Waals surface area contributed by atoms with Crippen molar-refractivity contribution < 1.29 is 23.1 Å². The molecule has 0 N–H and O–H groups in total. The number of benzene rings is 1. The molecular formula is C21H20FN5O4S. The second kappa shape index (κ2) is 11.1. The third kappa shape index (κ3) is 5.53. The van der Waals surface area contributed by atoms with E-state index in [0.717, 1.165) is 16.7 Å². The first-order valence-corrected chi connectivity index (χ1v) is 10.7. The molecule has 0 saturated heterocycles. The number of carbonyl (C=O) groups excluding carboxylic acids is 2. The predicted molar refractivity (Wildman–Crippen MR) is 114 cm³/mol. The summed E-state index contributed by atoms with van der Waals surface area (Å²) in [6, 6.07) is 11.1. The summed E-state index contributed by atoms with van der Waals surface area (Å²) in [6.07, 6.45) is 1.54. The maximum absolute atomic E-state index is 14.1. The Balaban J connectivity index is 1.58. The Bertz CT molecular complexity index is 1110. The summed E-state index contributed by atoms with van der Waals surface area (Å²) in [6.45, 7) is 1.89. The van der Waals surface area contributed by atoms with Gasteiger partial charge in [-0.05, 0) is 31.2 Å². The summed E-state index contributed by atoms with van der Waals surface area (Å²) in [5.74, 6) is -0.858. The molecule has 11 heteroatoms. The van der Waals surface area contributed by atoms with Gasteiger partial charge >= 0.3 is 5.97 Å². The minimum absolute atomic E-state index is 0.00848. The van der Waals surface area contributed by atoms with Crippen LogP contribution in [0.1, 0.15) is 13.3 Å². The molecule has 0 aliphatic heterocycles. The number of amides is 1. The molecule has 0 aliphatic rings. The number of carbonyl (C=O) groups is 2. The number of hydrogen-bond donors (Lipinski definition) is 0. The second-order valence-corrected chi connectivity index (χ2v) is 7.32. The van der Waals surface area contributed by atoms with Crippen molar-refractivity contribution in [1.29, 1.82) is 5.26 Å². The van der Waals surface area contributed by atoms with Gasteiger partial charge in [0.05, 0.1) is 30.2 Å². The fourth-order valence-electron chi connectivity index (χ4n) is 2.87. The number of ether oxygens (including phenoxy) is 1. The number of halogens is 1. The van der Waals surface area contributed by atoms with Crippen molar-refractivity contribution in [2.75, 3.05) is 23.8 Å². The Morgan fingerprint density at radius 2 is 2.09 bits per heavy atom. The van der Waals surface area contributed by atoms with Crippen LogP contribution in [0.3, 0.4) is 0 Å². The van der Waals surface area contributed by atoms with Gasteiger partial charge in [0.1, 0.15) is 5.82 Å². The maximum Gasteiger partial charge on any atom is 0.316 e. The average Bonchev–Trinajstić information content (AvgIpc) is 3.47. The Labute approximate surface area is 187 Å². The van der Waals surface area contributed by atoms with Crippen molar-refractivity contribution >= 4 is 29.3 Å². The summed E-state index contributed by atoms with van der Waals surface area (Å²) >= 11 is 1.12. The lowest BCUT2D eigenvalue weighted by molar-refractivity contribution is -0.145. The molecule has 0 unspecified atom stereocenters. The van der Waals surface area contributed by atoms with Gasteiger partial charge in [-0.3, -0.25) is 14.2 Å². The largest absolute Gasteiger partial charge is 0.461 e. The van der Waals surface area contributed by atoms with E-state index < -0.39 is 24.3 Å². The van der Waals surface area contributed by atoms with Crippen LogP contribution in [0.25, 0.3) is 11.6 Å². The van der Waals surface area contributed by atoms with Crippen LogP contribution in [0.4, 0.5) is 10.1 Å². The number of aromatic nitrogens is 3. The molecule has 166 valence electrons. The lowest BCUT2D eigenvalue weighted by Crippen LogP contribution is -2.36. The molecule has 1 aromatic carbocycles. The number of nitrogens with zero attached hydrogens (tertiary/aromatic N) is 5. The van der Waals surface area contributed by atoms with Gasteiger partial charge in [-0.15, -0.1) is 10.2 Å². The van der Waals surface area contributed by atoms with Crippen molar-refractivity contribution in [2.24, 2.45) is 0 Å². The van der Waals surface area contributed by atoms with Crippen molar-refractivity contribution in [2.45, 2.75) is 25.0 Å². The van der Waals surface area contributed by atoms with Gasteiger partial charge in [0.25, 0.3) is 5.91 Å². The number of thioether (sulfide) groups is 1. The molecule has 0 atom stereocenters. The zero-order valence-corrected chi connectivity index (χ0v) is 18.0. The van der Waals surface area contributed by atoms with E-state index in [4.69, 9.17) is 14.4 Å². The molecular weight excluding hydrogens is 437 g/mol. The Morgan fingerprint density at radius 3 is 2.78 bits per heavy atom. The van der Waals surface area contributed by atoms with E-state index in [1.165, 1.54) is 24.5 Å². The van der Waals surface area contributed by atoms with Crippen LogP contribution in [0, 0.1) is 17.1 Å². The topological polar surface area (TPSA) is 114 Å². The molecule has 0 saturated carbocycles. The Morgan fingerprint density at radius 1 is 1.28 bits per heavy atom. The maximum atomic E-state index is 14.1. The molecule has 9 nitrogen and oxygen atoms in total. The van der Waals surface area contributed by atoms with Crippen LogP contribution in [0.2, 0.25) is 0 Å². The van der Waals surface area contributed by atoms with E-state index in [1.54, 1.807) is 22.8 Å². The molecule has 2 heterocycles. The van der Waals surface area contributed by atoms with E-state index in [0.29, 0.717) is 23.3 Å². The van der Waals surface area contributed by atoms with Gasteiger partial charge in [-0.2, -0.15) is 5.26 Å². The highest BCUT2D eigenvalue weighted by molar-refractivity contribution is 7.99. The van der Waals surface area contributed by atoms with Crippen molar-refractivity contribution in [1.82, 2.24) is 14.8 Å². The van der Waals surface area contributed by atoms with Crippen LogP contribution in [0.15, 0.2) is 52.2 Å². The van der Waals surface area contributed by atoms with E-state index in [1.807, 2.05) is 13.0 Å². The fraction of sp³-hybridized carbons (Fsp3) is 0.286. The van der Waals surface area contributed by atoms with Crippen LogP contribution in [-0.2, 0) is 20.9 Å². The van der Waals surface area contributed by atoms with Crippen LogP contribution in [-0.4, -0.2) is 45.5 Å². The van der Waals surface area contributed by atoms with Crippen LogP contribution >= 0.6 is 11.8 Å². The first kappa shape index (κ1) is 23.0. The molecule has 3 rings (SSSR count). The number of anilines is 1. The molecule has 3 aromatic rings. The lowest BCUT2D eigenvalue weighted by atomic mass is 10.2. The van der Waals surface area contributed by atoms with Crippen molar-refractivity contribution in [3.8, 4) is 17.7 Å². The third-order valence-electron chi connectivity index (χ3n) is 4.34. The monoisotopic (exact) mass is 457 g/mol. The molecule has 32 heavy (non-hydrogen) atoms.